The Morgan fingerprint density at radius 1 is 1.21 bits per heavy atom. The van der Waals surface area contributed by atoms with Gasteiger partial charge in [-0.25, -0.2) is 0 Å². The molecule has 102 valence electrons. The van der Waals surface area contributed by atoms with E-state index < -0.39 is 0 Å². The number of hydrogen-bond donors (Lipinski definition) is 0. The summed E-state index contributed by atoms with van der Waals surface area (Å²) < 4.78 is 1.13. The molecule has 2 fully saturated rings. The normalized spacial score (nSPS) is 27.4. The Bertz CT molecular complexity index is 483. The predicted molar refractivity (Wildman–Crippen MR) is 79.1 cm³/mol. The molecule has 1 amide bonds. The van der Waals surface area contributed by atoms with E-state index in [0.29, 0.717) is 11.8 Å². The van der Waals surface area contributed by atoms with Crippen LogP contribution in [0.1, 0.15) is 17.9 Å². The third kappa shape index (κ3) is 2.70. The number of amides is 1. The number of nitrogens with zero attached hydrogens (tertiary/aromatic N) is 2. The maximum Gasteiger partial charge on any atom is 0.226 e. The molecule has 1 saturated carbocycles. The van der Waals surface area contributed by atoms with E-state index in [1.54, 1.807) is 0 Å². The summed E-state index contributed by atoms with van der Waals surface area (Å²) in [6.07, 6.45) is 1.01. The third-order valence-corrected chi connectivity index (χ3v) is 4.95. The fourth-order valence-electron chi connectivity index (χ4n) is 2.85. The lowest BCUT2D eigenvalue weighted by atomic mass is 10.1. The molecule has 1 aromatic carbocycles. The quantitative estimate of drug-likeness (QED) is 0.834. The van der Waals surface area contributed by atoms with Gasteiger partial charge < -0.3 is 9.80 Å². The molecule has 1 aliphatic heterocycles. The van der Waals surface area contributed by atoms with Gasteiger partial charge in [0.15, 0.2) is 0 Å². The molecule has 1 aliphatic carbocycles. The van der Waals surface area contributed by atoms with Gasteiger partial charge in [0, 0.05) is 36.6 Å². The van der Waals surface area contributed by atoms with Gasteiger partial charge in [0.05, 0.1) is 0 Å². The summed E-state index contributed by atoms with van der Waals surface area (Å²) in [6, 6.07) is 8.26. The van der Waals surface area contributed by atoms with Crippen LogP contribution in [0.4, 0.5) is 0 Å². The van der Waals surface area contributed by atoms with E-state index in [9.17, 15) is 4.79 Å². The molecule has 0 unspecified atom stereocenters. The summed E-state index contributed by atoms with van der Waals surface area (Å²) in [4.78, 5) is 16.8. The summed E-state index contributed by atoms with van der Waals surface area (Å²) >= 11 is 3.59. The van der Waals surface area contributed by atoms with Gasteiger partial charge >= 0.3 is 0 Å². The number of hydrogen-bond acceptors (Lipinski definition) is 2. The lowest BCUT2D eigenvalue weighted by Gasteiger charge is -2.32. The van der Waals surface area contributed by atoms with Crippen molar-refractivity contribution in [2.75, 3.05) is 33.2 Å². The first-order chi connectivity index (χ1) is 9.16. The molecule has 1 saturated heterocycles. The van der Waals surface area contributed by atoms with Gasteiger partial charge in [0.1, 0.15) is 0 Å². The van der Waals surface area contributed by atoms with Crippen molar-refractivity contribution in [2.24, 2.45) is 5.92 Å². The number of benzene rings is 1. The van der Waals surface area contributed by atoms with Crippen molar-refractivity contribution in [3.8, 4) is 0 Å². The smallest absolute Gasteiger partial charge is 0.226 e. The van der Waals surface area contributed by atoms with Crippen LogP contribution in [0.15, 0.2) is 28.7 Å². The molecule has 0 aromatic heterocycles. The van der Waals surface area contributed by atoms with Gasteiger partial charge in [-0.05, 0) is 31.0 Å². The molecule has 2 atom stereocenters. The number of carbonyl (C=O) groups is 1. The van der Waals surface area contributed by atoms with Crippen LogP contribution in [-0.2, 0) is 4.79 Å². The average molecular weight is 323 g/mol. The highest BCUT2D eigenvalue weighted by atomic mass is 79.9. The predicted octanol–water partition coefficient (Wildman–Crippen LogP) is 2.33. The number of likely N-dealkylation sites (N-methyl/N-ethyl adjacent to an activating group) is 1. The van der Waals surface area contributed by atoms with E-state index in [4.69, 9.17) is 0 Å². The van der Waals surface area contributed by atoms with E-state index in [2.05, 4.69) is 46.1 Å². The van der Waals surface area contributed by atoms with Crippen LogP contribution in [-0.4, -0.2) is 48.9 Å². The molecule has 1 heterocycles. The molecule has 1 aromatic rings. The summed E-state index contributed by atoms with van der Waals surface area (Å²) in [5, 5.41) is 0. The van der Waals surface area contributed by atoms with Crippen LogP contribution in [0.2, 0.25) is 0 Å². The van der Waals surface area contributed by atoms with Crippen LogP contribution >= 0.6 is 15.9 Å². The van der Waals surface area contributed by atoms with E-state index in [1.165, 1.54) is 5.56 Å². The van der Waals surface area contributed by atoms with Gasteiger partial charge in [-0.15, -0.1) is 0 Å². The third-order valence-electron chi connectivity index (χ3n) is 4.23. The van der Waals surface area contributed by atoms with Crippen LogP contribution in [0.3, 0.4) is 0 Å². The van der Waals surface area contributed by atoms with Crippen LogP contribution in [0.5, 0.6) is 0 Å². The minimum absolute atomic E-state index is 0.210. The van der Waals surface area contributed by atoms with Crippen molar-refractivity contribution >= 4 is 21.8 Å². The average Bonchev–Trinajstić information content (AvgIpc) is 3.19. The topological polar surface area (TPSA) is 23.6 Å². The Morgan fingerprint density at radius 2 is 1.89 bits per heavy atom. The van der Waals surface area contributed by atoms with Crippen LogP contribution in [0.25, 0.3) is 0 Å². The zero-order chi connectivity index (χ0) is 13.4. The van der Waals surface area contributed by atoms with Crippen molar-refractivity contribution in [3.05, 3.63) is 34.3 Å². The Balaban J connectivity index is 1.63. The molecule has 0 N–H and O–H groups in total. The molecule has 0 radical (unpaired) electrons. The van der Waals surface area contributed by atoms with Crippen molar-refractivity contribution < 1.29 is 4.79 Å². The van der Waals surface area contributed by atoms with E-state index in [0.717, 1.165) is 37.1 Å². The minimum Gasteiger partial charge on any atom is -0.340 e. The fraction of sp³-hybridized carbons (Fsp3) is 0.533. The number of rotatable bonds is 2. The number of carbonyl (C=O) groups excluding carboxylic acids is 1. The van der Waals surface area contributed by atoms with E-state index in [-0.39, 0.29) is 5.92 Å². The van der Waals surface area contributed by atoms with Crippen LogP contribution < -0.4 is 0 Å². The molecule has 3 rings (SSSR count). The zero-order valence-corrected chi connectivity index (χ0v) is 12.8. The lowest BCUT2D eigenvalue weighted by molar-refractivity contribution is -0.134. The number of halogens is 1. The summed E-state index contributed by atoms with van der Waals surface area (Å²) in [7, 11) is 2.11. The fourth-order valence-corrected chi connectivity index (χ4v) is 3.43. The van der Waals surface area contributed by atoms with Gasteiger partial charge in [-0.3, -0.25) is 4.79 Å². The first-order valence-corrected chi connectivity index (χ1v) is 7.68. The van der Waals surface area contributed by atoms with Crippen molar-refractivity contribution in [1.29, 1.82) is 0 Å². The maximum atomic E-state index is 12.5. The first kappa shape index (κ1) is 13.1. The van der Waals surface area contributed by atoms with Crippen molar-refractivity contribution in [2.45, 2.75) is 12.3 Å². The Labute approximate surface area is 122 Å². The highest BCUT2D eigenvalue weighted by molar-refractivity contribution is 9.10. The highest BCUT2D eigenvalue weighted by Gasteiger charge is 2.46. The SMILES string of the molecule is CN1CCN(C(=O)[C@H]2C[C@@H]2c2ccccc2Br)CC1. The standard InChI is InChI=1S/C15H19BrN2O/c1-17-6-8-18(9-7-17)15(19)13-10-12(13)11-4-2-3-5-14(11)16/h2-5,12-13H,6-10H2,1H3/t12-,13+/m1/s1. The molecular weight excluding hydrogens is 304 g/mol. The second kappa shape index (κ2) is 5.25. The molecule has 4 heteroatoms. The van der Waals surface area contributed by atoms with Crippen LogP contribution in [0, 0.1) is 5.92 Å². The summed E-state index contributed by atoms with van der Waals surface area (Å²) in [5.74, 6) is 0.985. The van der Waals surface area contributed by atoms with Crippen molar-refractivity contribution in [3.63, 3.8) is 0 Å². The van der Waals surface area contributed by atoms with Gasteiger partial charge in [0.2, 0.25) is 5.91 Å². The first-order valence-electron chi connectivity index (χ1n) is 6.88. The lowest BCUT2D eigenvalue weighted by Crippen LogP contribution is -2.47. The second-order valence-corrected chi connectivity index (χ2v) is 6.45. The largest absolute Gasteiger partial charge is 0.340 e. The minimum atomic E-state index is 0.210. The maximum absolute atomic E-state index is 12.5. The van der Waals surface area contributed by atoms with E-state index in [1.807, 2.05) is 11.0 Å². The molecule has 2 aliphatic rings. The molecule has 3 nitrogen and oxygen atoms in total. The van der Waals surface area contributed by atoms with Gasteiger partial charge in [0.25, 0.3) is 0 Å². The monoisotopic (exact) mass is 322 g/mol. The zero-order valence-electron chi connectivity index (χ0n) is 11.2. The second-order valence-electron chi connectivity index (χ2n) is 5.60. The number of piperazine rings is 1. The van der Waals surface area contributed by atoms with Gasteiger partial charge in [-0.2, -0.15) is 0 Å². The Hall–Kier alpha value is -0.870. The summed E-state index contributed by atoms with van der Waals surface area (Å²) in [5.41, 5.74) is 1.29. The summed E-state index contributed by atoms with van der Waals surface area (Å²) in [6.45, 7) is 3.76. The van der Waals surface area contributed by atoms with Gasteiger partial charge in [-0.1, -0.05) is 34.1 Å². The molecule has 0 spiro atoms. The molecule has 0 bridgehead atoms. The highest BCUT2D eigenvalue weighted by Crippen LogP contribution is 2.50. The van der Waals surface area contributed by atoms with Crippen molar-refractivity contribution in [1.82, 2.24) is 9.80 Å². The Morgan fingerprint density at radius 3 is 2.58 bits per heavy atom. The van der Waals surface area contributed by atoms with E-state index >= 15 is 0 Å². The molecule has 19 heavy (non-hydrogen) atoms. The Kier molecular flexibility index (Phi) is 3.63. The molecular formula is C15H19BrN2O.